The van der Waals surface area contributed by atoms with E-state index in [9.17, 15) is 26.4 Å². The first-order valence-electron chi connectivity index (χ1n) is 9.85. The summed E-state index contributed by atoms with van der Waals surface area (Å²) in [6, 6.07) is 12.2. The summed E-state index contributed by atoms with van der Waals surface area (Å²) in [5.41, 5.74) is 1.13. The highest BCUT2D eigenvalue weighted by Crippen LogP contribution is 2.27. The van der Waals surface area contributed by atoms with Gasteiger partial charge in [-0.1, -0.05) is 0 Å². The summed E-state index contributed by atoms with van der Waals surface area (Å²) in [5, 5.41) is 8.91. The minimum absolute atomic E-state index is 0.260. The Labute approximate surface area is 189 Å². The van der Waals surface area contributed by atoms with E-state index in [-0.39, 0.29) is 29.3 Å². The quantitative estimate of drug-likeness (QED) is 0.678. The zero-order valence-electron chi connectivity index (χ0n) is 17.6. The van der Waals surface area contributed by atoms with Crippen molar-refractivity contribution in [3.05, 3.63) is 53.6 Å². The van der Waals surface area contributed by atoms with Crippen LogP contribution in [0.5, 0.6) is 5.75 Å². The van der Waals surface area contributed by atoms with E-state index in [1.54, 1.807) is 24.3 Å². The molecule has 2 aromatic carbocycles. The molecule has 1 aliphatic rings. The van der Waals surface area contributed by atoms with Crippen LogP contribution in [0.3, 0.4) is 0 Å². The van der Waals surface area contributed by atoms with Gasteiger partial charge in [0.1, 0.15) is 5.75 Å². The van der Waals surface area contributed by atoms with Crippen LogP contribution in [0.1, 0.15) is 15.9 Å². The van der Waals surface area contributed by atoms with Gasteiger partial charge in [-0.3, -0.25) is 4.79 Å². The largest absolute Gasteiger partial charge is 0.483 e. The standard InChI is InChI=1S/C21H21F3N4O4S/c1-26-33(30,31)17-6-7-19(32-14-21(22,23)24)18(12-17)20(29)28-10-8-27(9-11-28)16-4-2-15(13-25)3-5-16/h2-7,12,26H,8-11,14H2,1H3. The topological polar surface area (TPSA) is 103 Å². The molecule has 33 heavy (non-hydrogen) atoms. The summed E-state index contributed by atoms with van der Waals surface area (Å²) in [7, 11) is -2.74. The summed E-state index contributed by atoms with van der Waals surface area (Å²) in [5.74, 6) is -0.971. The van der Waals surface area contributed by atoms with Crippen molar-refractivity contribution in [2.24, 2.45) is 0 Å². The van der Waals surface area contributed by atoms with E-state index >= 15 is 0 Å². The molecule has 0 atom stereocenters. The van der Waals surface area contributed by atoms with Crippen molar-refractivity contribution in [1.82, 2.24) is 9.62 Å². The van der Waals surface area contributed by atoms with Gasteiger partial charge in [-0.2, -0.15) is 18.4 Å². The van der Waals surface area contributed by atoms with E-state index in [1.807, 2.05) is 11.0 Å². The Hall–Kier alpha value is -3.30. The third-order valence-electron chi connectivity index (χ3n) is 5.08. The molecular weight excluding hydrogens is 461 g/mol. The number of amides is 1. The van der Waals surface area contributed by atoms with Gasteiger partial charge in [-0.25, -0.2) is 13.1 Å². The molecule has 1 N–H and O–H groups in total. The first kappa shape index (κ1) is 24.3. The molecule has 8 nitrogen and oxygen atoms in total. The Kier molecular flexibility index (Phi) is 7.14. The van der Waals surface area contributed by atoms with Gasteiger partial charge in [0.2, 0.25) is 10.0 Å². The molecule has 0 radical (unpaired) electrons. The number of nitrogens with one attached hydrogen (secondary N) is 1. The summed E-state index contributed by atoms with van der Waals surface area (Å²) < 4.78 is 69.2. The van der Waals surface area contributed by atoms with Crippen LogP contribution < -0.4 is 14.4 Å². The summed E-state index contributed by atoms with van der Waals surface area (Å²) in [6.45, 7) is -0.186. The smallest absolute Gasteiger partial charge is 0.422 e. The minimum Gasteiger partial charge on any atom is -0.483 e. The first-order chi connectivity index (χ1) is 15.5. The van der Waals surface area contributed by atoms with Gasteiger partial charge in [0.15, 0.2) is 6.61 Å². The predicted octanol–water partition coefficient (Wildman–Crippen LogP) is 2.37. The molecular formula is C21H21F3N4O4S. The van der Waals surface area contributed by atoms with Crippen LogP contribution in [0.25, 0.3) is 0 Å². The van der Waals surface area contributed by atoms with Crippen molar-refractivity contribution >= 4 is 21.6 Å². The van der Waals surface area contributed by atoms with E-state index in [0.717, 1.165) is 23.9 Å². The average Bonchev–Trinajstić information content (AvgIpc) is 2.82. The second kappa shape index (κ2) is 9.68. The highest BCUT2D eigenvalue weighted by molar-refractivity contribution is 7.89. The zero-order valence-corrected chi connectivity index (χ0v) is 18.4. The van der Waals surface area contributed by atoms with Crippen LogP contribution in [0.2, 0.25) is 0 Å². The zero-order chi connectivity index (χ0) is 24.2. The maximum absolute atomic E-state index is 13.1. The molecule has 12 heteroatoms. The Balaban J connectivity index is 1.80. The number of halogens is 3. The fourth-order valence-corrected chi connectivity index (χ4v) is 4.09. The number of ether oxygens (including phenoxy) is 1. The Morgan fingerprint density at radius 2 is 1.76 bits per heavy atom. The van der Waals surface area contributed by atoms with Gasteiger partial charge in [-0.05, 0) is 49.5 Å². The Morgan fingerprint density at radius 1 is 1.12 bits per heavy atom. The lowest BCUT2D eigenvalue weighted by molar-refractivity contribution is -0.153. The van der Waals surface area contributed by atoms with Crippen LogP contribution in [0, 0.1) is 11.3 Å². The lowest BCUT2D eigenvalue weighted by Crippen LogP contribution is -2.49. The van der Waals surface area contributed by atoms with Crippen LogP contribution in [0.15, 0.2) is 47.4 Å². The van der Waals surface area contributed by atoms with E-state index < -0.39 is 28.7 Å². The molecule has 0 aliphatic carbocycles. The second-order valence-corrected chi connectivity index (χ2v) is 9.09. The normalized spacial score (nSPS) is 14.6. The number of nitriles is 1. The monoisotopic (exact) mass is 482 g/mol. The number of sulfonamides is 1. The molecule has 0 bridgehead atoms. The van der Waals surface area contributed by atoms with E-state index in [1.165, 1.54) is 11.9 Å². The maximum atomic E-state index is 13.1. The number of hydrogen-bond donors (Lipinski definition) is 1. The van der Waals surface area contributed by atoms with Gasteiger partial charge >= 0.3 is 6.18 Å². The number of rotatable bonds is 6. The van der Waals surface area contributed by atoms with Crippen LogP contribution in [-0.2, 0) is 10.0 Å². The average molecular weight is 482 g/mol. The fourth-order valence-electron chi connectivity index (χ4n) is 3.33. The lowest BCUT2D eigenvalue weighted by Gasteiger charge is -2.36. The fraction of sp³-hybridized carbons (Fsp3) is 0.333. The number of nitrogens with zero attached hydrogens (tertiary/aromatic N) is 3. The number of carbonyl (C=O) groups is 1. The van der Waals surface area contributed by atoms with E-state index in [2.05, 4.69) is 4.72 Å². The second-order valence-electron chi connectivity index (χ2n) is 7.21. The number of hydrogen-bond acceptors (Lipinski definition) is 6. The van der Waals surface area contributed by atoms with Crippen molar-refractivity contribution in [2.45, 2.75) is 11.1 Å². The molecule has 1 aliphatic heterocycles. The summed E-state index contributed by atoms with van der Waals surface area (Å²) >= 11 is 0. The molecule has 1 fully saturated rings. The highest BCUT2D eigenvalue weighted by Gasteiger charge is 2.31. The number of piperazine rings is 1. The molecule has 0 spiro atoms. The minimum atomic E-state index is -4.62. The predicted molar refractivity (Wildman–Crippen MR) is 114 cm³/mol. The Bertz CT molecular complexity index is 1150. The molecule has 3 rings (SSSR count). The van der Waals surface area contributed by atoms with Crippen LogP contribution in [-0.4, -0.2) is 65.2 Å². The van der Waals surface area contributed by atoms with E-state index in [4.69, 9.17) is 10.00 Å². The third-order valence-corrected chi connectivity index (χ3v) is 6.49. The number of benzene rings is 2. The van der Waals surface area contributed by atoms with Crippen molar-refractivity contribution in [2.75, 3.05) is 44.7 Å². The number of anilines is 1. The number of alkyl halides is 3. The number of carbonyl (C=O) groups excluding carboxylic acids is 1. The molecule has 1 saturated heterocycles. The van der Waals surface area contributed by atoms with Gasteiger partial charge in [0.25, 0.3) is 5.91 Å². The van der Waals surface area contributed by atoms with Gasteiger partial charge in [0, 0.05) is 31.9 Å². The van der Waals surface area contributed by atoms with Crippen molar-refractivity contribution in [3.63, 3.8) is 0 Å². The van der Waals surface area contributed by atoms with Gasteiger partial charge in [0.05, 0.1) is 22.1 Å². The summed E-state index contributed by atoms with van der Waals surface area (Å²) in [4.78, 5) is 16.3. The van der Waals surface area contributed by atoms with Gasteiger partial charge in [-0.15, -0.1) is 0 Å². The van der Waals surface area contributed by atoms with Crippen molar-refractivity contribution < 1.29 is 31.1 Å². The molecule has 0 aromatic heterocycles. The van der Waals surface area contributed by atoms with Crippen LogP contribution >= 0.6 is 0 Å². The van der Waals surface area contributed by atoms with Crippen molar-refractivity contribution in [1.29, 1.82) is 5.26 Å². The Morgan fingerprint density at radius 3 is 2.30 bits per heavy atom. The molecule has 2 aromatic rings. The van der Waals surface area contributed by atoms with Crippen LogP contribution in [0.4, 0.5) is 18.9 Å². The first-order valence-corrected chi connectivity index (χ1v) is 11.3. The lowest BCUT2D eigenvalue weighted by atomic mass is 10.1. The molecule has 0 unspecified atom stereocenters. The molecule has 176 valence electrons. The highest BCUT2D eigenvalue weighted by atomic mass is 32.2. The van der Waals surface area contributed by atoms with Gasteiger partial charge < -0.3 is 14.5 Å². The van der Waals surface area contributed by atoms with Crippen molar-refractivity contribution in [3.8, 4) is 11.8 Å². The van der Waals surface area contributed by atoms with E-state index in [0.29, 0.717) is 18.7 Å². The molecule has 0 saturated carbocycles. The SMILES string of the molecule is CNS(=O)(=O)c1ccc(OCC(F)(F)F)c(C(=O)N2CCN(c3ccc(C#N)cc3)CC2)c1. The third kappa shape index (κ3) is 5.94. The summed E-state index contributed by atoms with van der Waals surface area (Å²) in [6.07, 6.45) is -4.62. The molecule has 1 heterocycles. The molecule has 1 amide bonds. The maximum Gasteiger partial charge on any atom is 0.422 e.